The first-order valence-electron chi connectivity index (χ1n) is 3.11. The lowest BCUT2D eigenvalue weighted by Crippen LogP contribution is -2.31. The number of rotatable bonds is 5. The summed E-state index contributed by atoms with van der Waals surface area (Å²) in [6, 6.07) is 0. The Balaban J connectivity index is 3.69. The monoisotopic (exact) mass is 149 g/mol. The van der Waals surface area contributed by atoms with E-state index < -0.39 is 5.60 Å². The standard InChI is InChI=1S/C6H13O4/c7-3-1-6(10,5-9)2-4-8/h5,7-10H,1-4H2. The Hall–Kier alpha value is -0.160. The molecule has 0 fully saturated rings. The van der Waals surface area contributed by atoms with Crippen LogP contribution in [0.4, 0.5) is 0 Å². The first kappa shape index (κ1) is 9.84. The highest BCUT2D eigenvalue weighted by Gasteiger charge is 2.24. The first-order chi connectivity index (χ1) is 4.68. The average Bonchev–Trinajstić information content (AvgIpc) is 1.89. The van der Waals surface area contributed by atoms with Gasteiger partial charge in [-0.05, 0) is 0 Å². The minimum absolute atomic E-state index is 0.0457. The zero-order chi connectivity index (χ0) is 8.04. The van der Waals surface area contributed by atoms with Crippen LogP contribution < -0.4 is 0 Å². The predicted molar refractivity (Wildman–Crippen MR) is 34.6 cm³/mol. The summed E-state index contributed by atoms with van der Waals surface area (Å²) in [6.07, 6.45) is 0.0914. The molecule has 0 rings (SSSR count). The molecule has 4 N–H and O–H groups in total. The molecule has 0 unspecified atom stereocenters. The van der Waals surface area contributed by atoms with Crippen molar-refractivity contribution in [1.82, 2.24) is 0 Å². The van der Waals surface area contributed by atoms with Crippen molar-refractivity contribution in [3.05, 3.63) is 6.61 Å². The van der Waals surface area contributed by atoms with E-state index in [-0.39, 0.29) is 26.1 Å². The zero-order valence-corrected chi connectivity index (χ0v) is 5.69. The third kappa shape index (κ3) is 3.12. The normalized spacial score (nSPS) is 12.0. The van der Waals surface area contributed by atoms with Crippen molar-refractivity contribution in [2.24, 2.45) is 0 Å². The second kappa shape index (κ2) is 4.62. The highest BCUT2D eigenvalue weighted by Crippen LogP contribution is 2.15. The minimum atomic E-state index is -1.43. The van der Waals surface area contributed by atoms with Gasteiger partial charge in [0.15, 0.2) is 0 Å². The number of aliphatic hydroxyl groups excluding tert-OH is 3. The molecule has 0 spiro atoms. The van der Waals surface area contributed by atoms with E-state index in [1.165, 1.54) is 0 Å². The van der Waals surface area contributed by atoms with E-state index in [0.29, 0.717) is 6.61 Å². The molecule has 0 atom stereocenters. The van der Waals surface area contributed by atoms with E-state index >= 15 is 0 Å². The maximum atomic E-state index is 9.19. The topological polar surface area (TPSA) is 80.9 Å². The molecule has 0 aliphatic carbocycles. The molecular weight excluding hydrogens is 136 g/mol. The van der Waals surface area contributed by atoms with Crippen LogP contribution in [0.15, 0.2) is 0 Å². The zero-order valence-electron chi connectivity index (χ0n) is 5.69. The van der Waals surface area contributed by atoms with Gasteiger partial charge in [0.2, 0.25) is 0 Å². The summed E-state index contributed by atoms with van der Waals surface area (Å²) in [6.45, 7) is 0.167. The van der Waals surface area contributed by atoms with Gasteiger partial charge in [0.1, 0.15) is 6.61 Å². The van der Waals surface area contributed by atoms with Gasteiger partial charge in [0.05, 0.1) is 5.60 Å². The van der Waals surface area contributed by atoms with Gasteiger partial charge in [0.25, 0.3) is 0 Å². The van der Waals surface area contributed by atoms with Crippen molar-refractivity contribution in [2.45, 2.75) is 18.4 Å². The molecule has 4 nitrogen and oxygen atoms in total. The van der Waals surface area contributed by atoms with Crippen LogP contribution in [-0.4, -0.2) is 39.2 Å². The molecule has 1 radical (unpaired) electrons. The Morgan fingerprint density at radius 1 is 1.10 bits per heavy atom. The van der Waals surface area contributed by atoms with E-state index in [9.17, 15) is 5.11 Å². The highest BCUT2D eigenvalue weighted by molar-refractivity contribution is 4.84. The third-order valence-electron chi connectivity index (χ3n) is 1.33. The van der Waals surface area contributed by atoms with E-state index in [1.807, 2.05) is 0 Å². The van der Waals surface area contributed by atoms with Crippen LogP contribution in [-0.2, 0) is 0 Å². The third-order valence-corrected chi connectivity index (χ3v) is 1.33. The summed E-state index contributed by atoms with van der Waals surface area (Å²) in [5.41, 5.74) is -1.43. The first-order valence-corrected chi connectivity index (χ1v) is 3.11. The fourth-order valence-electron chi connectivity index (χ4n) is 0.641. The van der Waals surface area contributed by atoms with Gasteiger partial charge < -0.3 is 20.4 Å². The van der Waals surface area contributed by atoms with E-state index in [1.54, 1.807) is 0 Å². The quantitative estimate of drug-likeness (QED) is 0.405. The summed E-state index contributed by atoms with van der Waals surface area (Å²) >= 11 is 0. The SMILES string of the molecule is O[CH]C(O)(CCO)CCO. The van der Waals surface area contributed by atoms with Crippen LogP contribution in [0.5, 0.6) is 0 Å². The molecule has 0 saturated carbocycles. The van der Waals surface area contributed by atoms with Crippen molar-refractivity contribution in [2.75, 3.05) is 13.2 Å². The second-order valence-corrected chi connectivity index (χ2v) is 2.18. The molecule has 0 aromatic rings. The number of hydrogen-bond donors (Lipinski definition) is 4. The van der Waals surface area contributed by atoms with Gasteiger partial charge in [-0.3, -0.25) is 0 Å². The largest absolute Gasteiger partial charge is 0.396 e. The van der Waals surface area contributed by atoms with Gasteiger partial charge in [-0.25, -0.2) is 0 Å². The highest BCUT2D eigenvalue weighted by atomic mass is 16.3. The maximum Gasteiger partial charge on any atom is 0.111 e. The van der Waals surface area contributed by atoms with Crippen molar-refractivity contribution in [1.29, 1.82) is 0 Å². The van der Waals surface area contributed by atoms with Gasteiger partial charge in [-0.15, -0.1) is 0 Å². The van der Waals surface area contributed by atoms with Gasteiger partial charge >= 0.3 is 0 Å². The van der Waals surface area contributed by atoms with Crippen LogP contribution in [0.25, 0.3) is 0 Å². The molecule has 0 bridgehead atoms. The molecule has 4 heteroatoms. The summed E-state index contributed by atoms with van der Waals surface area (Å²) in [5.74, 6) is 0. The Bertz CT molecular complexity index is 77.8. The van der Waals surface area contributed by atoms with Gasteiger partial charge in [-0.2, -0.15) is 0 Å². The Morgan fingerprint density at radius 2 is 1.50 bits per heavy atom. The van der Waals surface area contributed by atoms with Crippen LogP contribution >= 0.6 is 0 Å². The molecule has 10 heavy (non-hydrogen) atoms. The van der Waals surface area contributed by atoms with Crippen molar-refractivity contribution < 1.29 is 20.4 Å². The lowest BCUT2D eigenvalue weighted by Gasteiger charge is -2.22. The van der Waals surface area contributed by atoms with Crippen LogP contribution in [0.2, 0.25) is 0 Å². The summed E-state index contributed by atoms with van der Waals surface area (Å²) in [4.78, 5) is 0. The Morgan fingerprint density at radius 3 is 1.70 bits per heavy atom. The predicted octanol–water partition coefficient (Wildman–Crippen LogP) is -0.983. The van der Waals surface area contributed by atoms with Crippen LogP contribution in [0.3, 0.4) is 0 Å². The van der Waals surface area contributed by atoms with Crippen molar-refractivity contribution in [3.63, 3.8) is 0 Å². The van der Waals surface area contributed by atoms with E-state index in [4.69, 9.17) is 15.3 Å². The summed E-state index contributed by atoms with van der Waals surface area (Å²) in [7, 11) is 0. The molecule has 0 amide bonds. The van der Waals surface area contributed by atoms with E-state index in [0.717, 1.165) is 0 Å². The van der Waals surface area contributed by atoms with Crippen molar-refractivity contribution >= 4 is 0 Å². The van der Waals surface area contributed by atoms with E-state index in [2.05, 4.69) is 0 Å². The molecule has 0 aromatic carbocycles. The molecule has 0 saturated heterocycles. The molecule has 0 aliphatic rings. The van der Waals surface area contributed by atoms with Crippen LogP contribution in [0, 0.1) is 6.61 Å². The fraction of sp³-hybridized carbons (Fsp3) is 0.833. The van der Waals surface area contributed by atoms with Crippen LogP contribution in [0.1, 0.15) is 12.8 Å². The molecule has 0 aromatic heterocycles. The molecule has 61 valence electrons. The maximum absolute atomic E-state index is 9.19. The van der Waals surface area contributed by atoms with Gasteiger partial charge in [0, 0.05) is 26.1 Å². The Kier molecular flexibility index (Phi) is 4.55. The lowest BCUT2D eigenvalue weighted by atomic mass is 9.98. The number of hydrogen-bond acceptors (Lipinski definition) is 4. The summed E-state index contributed by atoms with van der Waals surface area (Å²) in [5, 5.41) is 34.4. The summed E-state index contributed by atoms with van der Waals surface area (Å²) < 4.78 is 0. The molecular formula is C6H13O4. The second-order valence-electron chi connectivity index (χ2n) is 2.18. The lowest BCUT2D eigenvalue weighted by molar-refractivity contribution is -0.0119. The van der Waals surface area contributed by atoms with Gasteiger partial charge in [-0.1, -0.05) is 0 Å². The molecule has 0 aliphatic heterocycles. The smallest absolute Gasteiger partial charge is 0.111 e. The average molecular weight is 149 g/mol. The van der Waals surface area contributed by atoms with Crippen molar-refractivity contribution in [3.8, 4) is 0 Å². The fourth-order valence-corrected chi connectivity index (χ4v) is 0.641. The number of aliphatic hydroxyl groups is 4. The Labute approximate surface area is 59.7 Å². The minimum Gasteiger partial charge on any atom is -0.396 e. The molecule has 0 heterocycles.